The zero-order chi connectivity index (χ0) is 18.7. The Bertz CT molecular complexity index is 743. The van der Waals surface area contributed by atoms with Gasteiger partial charge >= 0.3 is 6.08 Å². The zero-order valence-electron chi connectivity index (χ0n) is 15.1. The van der Waals surface area contributed by atoms with E-state index in [0.717, 1.165) is 0 Å². The number of ether oxygens (including phenoxy) is 4. The number of anilines is 1. The Morgan fingerprint density at radius 3 is 2.58 bits per heavy atom. The number of aromatic nitrogens is 4. The summed E-state index contributed by atoms with van der Waals surface area (Å²) in [6, 6.07) is 0. The normalized spacial score (nSPS) is 26.0. The summed E-state index contributed by atoms with van der Waals surface area (Å²) >= 11 is 0. The molecule has 2 aromatic rings. The summed E-state index contributed by atoms with van der Waals surface area (Å²) in [6.45, 7) is 7.60. The van der Waals surface area contributed by atoms with E-state index in [9.17, 15) is 4.39 Å². The van der Waals surface area contributed by atoms with Gasteiger partial charge in [0.25, 0.3) is 0 Å². The van der Waals surface area contributed by atoms with Crippen LogP contribution in [-0.2, 0) is 18.9 Å². The van der Waals surface area contributed by atoms with E-state index in [0.29, 0.717) is 31.9 Å². The number of nitrogens with zero attached hydrogens (tertiary/aromatic N) is 4. The summed E-state index contributed by atoms with van der Waals surface area (Å²) in [6.07, 6.45) is -1.12. The number of hydrogen-bond donors (Lipinski definition) is 1. The molecule has 0 unspecified atom stereocenters. The SMILES string of the molecule is CCOC[C@@H]1O[C@H](n2cnc3c(N)nc(F)nc32)[C@@H](OCC)[C@@H]1OCC. The fourth-order valence-corrected chi connectivity index (χ4v) is 3.16. The molecule has 0 aromatic carbocycles. The Balaban J connectivity index is 1.99. The van der Waals surface area contributed by atoms with Gasteiger partial charge in [-0.05, 0) is 20.8 Å². The average molecular weight is 369 g/mol. The molecule has 0 aliphatic carbocycles. The lowest BCUT2D eigenvalue weighted by Crippen LogP contribution is -2.38. The highest BCUT2D eigenvalue weighted by molar-refractivity contribution is 5.81. The summed E-state index contributed by atoms with van der Waals surface area (Å²) in [4.78, 5) is 11.5. The first-order valence-corrected chi connectivity index (χ1v) is 8.72. The maximum absolute atomic E-state index is 13.7. The highest BCUT2D eigenvalue weighted by atomic mass is 19.1. The van der Waals surface area contributed by atoms with Crippen LogP contribution in [0.25, 0.3) is 11.2 Å². The molecule has 0 bridgehead atoms. The van der Waals surface area contributed by atoms with Gasteiger partial charge < -0.3 is 24.7 Å². The van der Waals surface area contributed by atoms with E-state index >= 15 is 0 Å². The number of rotatable bonds is 8. The van der Waals surface area contributed by atoms with E-state index in [1.807, 2.05) is 20.8 Å². The van der Waals surface area contributed by atoms with E-state index in [-0.39, 0.29) is 23.7 Å². The second kappa shape index (κ2) is 8.21. The van der Waals surface area contributed by atoms with Crippen molar-refractivity contribution in [1.29, 1.82) is 0 Å². The van der Waals surface area contributed by atoms with Gasteiger partial charge in [0.15, 0.2) is 23.2 Å². The summed E-state index contributed by atoms with van der Waals surface area (Å²) in [5.41, 5.74) is 6.31. The molecule has 0 radical (unpaired) electrons. The number of nitrogen functional groups attached to an aromatic ring is 1. The monoisotopic (exact) mass is 369 g/mol. The third-order valence-corrected chi connectivity index (χ3v) is 4.19. The van der Waals surface area contributed by atoms with Crippen LogP contribution < -0.4 is 5.73 Å². The fraction of sp³-hybridized carbons (Fsp3) is 0.688. The van der Waals surface area contributed by atoms with Crippen LogP contribution in [0.3, 0.4) is 0 Å². The summed E-state index contributed by atoms with van der Waals surface area (Å²) < 4.78 is 38.7. The molecule has 1 fully saturated rings. The van der Waals surface area contributed by atoms with E-state index in [4.69, 9.17) is 24.7 Å². The van der Waals surface area contributed by atoms with Gasteiger partial charge in [-0.15, -0.1) is 0 Å². The molecule has 10 heteroatoms. The molecule has 0 saturated carbocycles. The Kier molecular flexibility index (Phi) is 5.97. The van der Waals surface area contributed by atoms with Crippen molar-refractivity contribution in [3.05, 3.63) is 12.4 Å². The molecular weight excluding hydrogens is 345 g/mol. The first-order valence-electron chi connectivity index (χ1n) is 8.72. The van der Waals surface area contributed by atoms with Gasteiger partial charge in [-0.1, -0.05) is 0 Å². The van der Waals surface area contributed by atoms with E-state index in [1.165, 1.54) is 6.33 Å². The van der Waals surface area contributed by atoms with Crippen molar-refractivity contribution in [1.82, 2.24) is 19.5 Å². The van der Waals surface area contributed by atoms with Crippen molar-refractivity contribution in [2.45, 2.75) is 45.3 Å². The van der Waals surface area contributed by atoms with Gasteiger partial charge in [-0.2, -0.15) is 14.4 Å². The molecule has 1 aliphatic heterocycles. The highest BCUT2D eigenvalue weighted by Crippen LogP contribution is 2.35. The maximum Gasteiger partial charge on any atom is 0.312 e. The van der Waals surface area contributed by atoms with Crippen molar-refractivity contribution in [3.63, 3.8) is 0 Å². The predicted molar refractivity (Wildman–Crippen MR) is 90.9 cm³/mol. The molecule has 1 saturated heterocycles. The van der Waals surface area contributed by atoms with Crippen LogP contribution in [0.2, 0.25) is 0 Å². The Morgan fingerprint density at radius 1 is 1.15 bits per heavy atom. The largest absolute Gasteiger partial charge is 0.382 e. The van der Waals surface area contributed by atoms with Crippen LogP contribution >= 0.6 is 0 Å². The number of hydrogen-bond acceptors (Lipinski definition) is 8. The lowest BCUT2D eigenvalue weighted by molar-refractivity contribution is -0.0732. The molecular formula is C16H24FN5O4. The van der Waals surface area contributed by atoms with Gasteiger partial charge in [-0.25, -0.2) is 4.98 Å². The molecule has 3 heterocycles. The number of fused-ring (bicyclic) bond motifs is 1. The zero-order valence-corrected chi connectivity index (χ0v) is 15.1. The molecule has 2 N–H and O–H groups in total. The second-order valence-corrected chi connectivity index (χ2v) is 5.77. The van der Waals surface area contributed by atoms with Crippen LogP contribution in [-0.4, -0.2) is 64.3 Å². The van der Waals surface area contributed by atoms with Crippen LogP contribution in [0, 0.1) is 6.08 Å². The first-order chi connectivity index (χ1) is 12.6. The smallest absolute Gasteiger partial charge is 0.312 e. The van der Waals surface area contributed by atoms with Crippen LogP contribution in [0.15, 0.2) is 6.33 Å². The van der Waals surface area contributed by atoms with Crippen molar-refractivity contribution >= 4 is 17.0 Å². The van der Waals surface area contributed by atoms with Crippen molar-refractivity contribution < 1.29 is 23.3 Å². The molecule has 0 spiro atoms. The molecule has 1 aliphatic rings. The minimum absolute atomic E-state index is 0.0237. The van der Waals surface area contributed by atoms with Crippen molar-refractivity contribution in [2.24, 2.45) is 0 Å². The van der Waals surface area contributed by atoms with Crippen molar-refractivity contribution in [3.8, 4) is 0 Å². The lowest BCUT2D eigenvalue weighted by Gasteiger charge is -2.24. The Hall–Kier alpha value is -1.88. The first kappa shape index (κ1) is 18.9. The number of imidazole rings is 1. The second-order valence-electron chi connectivity index (χ2n) is 5.77. The van der Waals surface area contributed by atoms with Gasteiger partial charge in [0, 0.05) is 19.8 Å². The van der Waals surface area contributed by atoms with Crippen molar-refractivity contribution in [2.75, 3.05) is 32.2 Å². The summed E-state index contributed by atoms with van der Waals surface area (Å²) in [7, 11) is 0. The Labute approximate surface area is 150 Å². The topological polar surface area (TPSA) is 107 Å². The fourth-order valence-electron chi connectivity index (χ4n) is 3.16. The molecule has 26 heavy (non-hydrogen) atoms. The predicted octanol–water partition coefficient (Wildman–Crippen LogP) is 1.29. The van der Waals surface area contributed by atoms with Gasteiger partial charge in [0.2, 0.25) is 0 Å². The average Bonchev–Trinajstić information content (AvgIpc) is 3.16. The number of nitrogens with two attached hydrogens (primary N) is 1. The van der Waals surface area contributed by atoms with Crippen LogP contribution in [0.1, 0.15) is 27.0 Å². The van der Waals surface area contributed by atoms with E-state index in [2.05, 4.69) is 15.0 Å². The number of halogens is 1. The standard InChI is InChI=1S/C16H24FN5O4/c1-4-23-7-9-11(24-5-2)12(25-6-3)15(26-9)22-8-19-10-13(18)20-16(17)21-14(10)22/h8-9,11-12,15H,4-7H2,1-3H3,(H2,18,20,21)/t9-,11+,12-,15-/m0/s1. The minimum Gasteiger partial charge on any atom is -0.382 e. The summed E-state index contributed by atoms with van der Waals surface area (Å²) in [5.74, 6) is -0.0237. The van der Waals surface area contributed by atoms with E-state index < -0.39 is 18.4 Å². The Morgan fingerprint density at radius 2 is 1.88 bits per heavy atom. The minimum atomic E-state index is -0.921. The third kappa shape index (κ3) is 3.50. The molecule has 2 aromatic heterocycles. The molecule has 0 amide bonds. The van der Waals surface area contributed by atoms with Crippen LogP contribution in [0.4, 0.5) is 10.2 Å². The summed E-state index contributed by atoms with van der Waals surface area (Å²) in [5, 5.41) is 0. The van der Waals surface area contributed by atoms with Gasteiger partial charge in [0.05, 0.1) is 12.9 Å². The molecule has 144 valence electrons. The molecule has 4 atom stereocenters. The van der Waals surface area contributed by atoms with Gasteiger partial charge in [0.1, 0.15) is 18.3 Å². The van der Waals surface area contributed by atoms with Gasteiger partial charge in [-0.3, -0.25) is 4.57 Å². The molecule has 3 rings (SSSR count). The maximum atomic E-state index is 13.7. The highest BCUT2D eigenvalue weighted by Gasteiger charge is 2.47. The third-order valence-electron chi connectivity index (χ3n) is 4.19. The molecule has 9 nitrogen and oxygen atoms in total. The van der Waals surface area contributed by atoms with E-state index in [1.54, 1.807) is 4.57 Å². The lowest BCUT2D eigenvalue weighted by atomic mass is 10.1. The quantitative estimate of drug-likeness (QED) is 0.694. The van der Waals surface area contributed by atoms with Crippen LogP contribution in [0.5, 0.6) is 0 Å².